The first-order chi connectivity index (χ1) is 14.5. The molecule has 2 rings (SSSR count). The molecule has 0 aliphatic rings. The Morgan fingerprint density at radius 2 is 1.87 bits per heavy atom. The second kappa shape index (κ2) is 12.6. The molecule has 0 saturated heterocycles. The second-order valence-electron chi connectivity index (χ2n) is 7.08. The second-order valence-corrected chi connectivity index (χ2v) is 7.08. The van der Waals surface area contributed by atoms with Gasteiger partial charge >= 0.3 is 0 Å². The van der Waals surface area contributed by atoms with Crippen LogP contribution in [-0.4, -0.2) is 34.8 Å². The topological polar surface area (TPSA) is 71.5 Å². The van der Waals surface area contributed by atoms with Gasteiger partial charge in [-0.1, -0.05) is 26.0 Å². The maximum absolute atomic E-state index is 13.2. The lowest BCUT2D eigenvalue weighted by Gasteiger charge is -2.21. The fourth-order valence-electron chi connectivity index (χ4n) is 2.98. The van der Waals surface area contributed by atoms with Crippen LogP contribution in [0.25, 0.3) is 0 Å². The summed E-state index contributed by atoms with van der Waals surface area (Å²) in [4.78, 5) is 30.3. The maximum atomic E-state index is 13.2. The molecular formula is C23H30FN3O3. The molecule has 0 bridgehead atoms. The largest absolute Gasteiger partial charge is 0.439 e. The number of carbonyl (C=O) groups is 2. The van der Waals surface area contributed by atoms with E-state index < -0.39 is 0 Å². The average molecular weight is 416 g/mol. The molecule has 0 radical (unpaired) electrons. The molecule has 2 aromatic rings. The molecule has 6 nitrogen and oxygen atoms in total. The Hall–Kier alpha value is -2.96. The molecule has 7 heteroatoms. The van der Waals surface area contributed by atoms with Crippen LogP contribution in [0.15, 0.2) is 42.6 Å². The monoisotopic (exact) mass is 415 g/mol. The number of benzene rings is 1. The molecule has 1 aromatic carbocycles. The summed E-state index contributed by atoms with van der Waals surface area (Å²) in [5, 5.41) is 2.83. The van der Waals surface area contributed by atoms with Gasteiger partial charge in [0.2, 0.25) is 17.7 Å². The Morgan fingerprint density at radius 3 is 2.50 bits per heavy atom. The van der Waals surface area contributed by atoms with Crippen LogP contribution < -0.4 is 10.1 Å². The first-order valence-corrected chi connectivity index (χ1v) is 10.4. The molecule has 0 saturated carbocycles. The summed E-state index contributed by atoms with van der Waals surface area (Å²) in [6.07, 6.45) is 4.71. The van der Waals surface area contributed by atoms with Gasteiger partial charge in [0.05, 0.1) is 0 Å². The minimum absolute atomic E-state index is 0.0968. The van der Waals surface area contributed by atoms with Crippen LogP contribution in [0.4, 0.5) is 4.39 Å². The number of hydrogen-bond donors (Lipinski definition) is 1. The zero-order valence-electron chi connectivity index (χ0n) is 17.7. The van der Waals surface area contributed by atoms with Gasteiger partial charge in [-0.3, -0.25) is 9.59 Å². The van der Waals surface area contributed by atoms with Crippen molar-refractivity contribution in [2.24, 2.45) is 0 Å². The highest BCUT2D eigenvalue weighted by Gasteiger charge is 2.12. The highest BCUT2D eigenvalue weighted by Crippen LogP contribution is 2.20. The van der Waals surface area contributed by atoms with Crippen molar-refractivity contribution in [1.82, 2.24) is 15.2 Å². The Labute approximate surface area is 177 Å². The van der Waals surface area contributed by atoms with E-state index in [2.05, 4.69) is 24.1 Å². The maximum Gasteiger partial charge on any atom is 0.222 e. The number of ether oxygens (including phenoxy) is 1. The molecule has 0 unspecified atom stereocenters. The minimum Gasteiger partial charge on any atom is -0.439 e. The van der Waals surface area contributed by atoms with Crippen LogP contribution in [0.3, 0.4) is 0 Å². The van der Waals surface area contributed by atoms with E-state index in [4.69, 9.17) is 4.74 Å². The minimum atomic E-state index is -0.378. The van der Waals surface area contributed by atoms with Crippen molar-refractivity contribution in [3.05, 3.63) is 54.0 Å². The van der Waals surface area contributed by atoms with Gasteiger partial charge in [-0.15, -0.1) is 0 Å². The van der Waals surface area contributed by atoms with Crippen LogP contribution in [0.5, 0.6) is 11.6 Å². The van der Waals surface area contributed by atoms with Crippen LogP contribution >= 0.6 is 0 Å². The average Bonchev–Trinajstić information content (AvgIpc) is 2.73. The number of rotatable bonds is 12. The first kappa shape index (κ1) is 23.3. The molecule has 0 aliphatic heterocycles. The van der Waals surface area contributed by atoms with Crippen LogP contribution in [0.2, 0.25) is 0 Å². The van der Waals surface area contributed by atoms with Gasteiger partial charge in [0.1, 0.15) is 11.6 Å². The normalized spacial score (nSPS) is 10.5. The summed E-state index contributed by atoms with van der Waals surface area (Å²) >= 11 is 0. The lowest BCUT2D eigenvalue weighted by molar-refractivity contribution is -0.131. The van der Waals surface area contributed by atoms with Crippen LogP contribution in [0.1, 0.15) is 51.5 Å². The van der Waals surface area contributed by atoms with E-state index in [0.717, 1.165) is 31.5 Å². The summed E-state index contributed by atoms with van der Waals surface area (Å²) in [6, 6.07) is 9.29. The number of nitrogens with one attached hydrogen (secondary N) is 1. The van der Waals surface area contributed by atoms with Gasteiger partial charge in [0.15, 0.2) is 0 Å². The standard InChI is InChI=1S/C23H30FN3O3/c1-3-13-27(14-4-2)23(29)10-6-9-21(28)25-16-18-11-12-22(26-17-18)30-20-8-5-7-19(24)15-20/h5,7-8,11-12,15,17H,3-4,6,9-10,13-14,16H2,1-2H3,(H,25,28). The smallest absolute Gasteiger partial charge is 0.222 e. The number of hydrogen-bond acceptors (Lipinski definition) is 4. The molecule has 0 fully saturated rings. The number of amides is 2. The van der Waals surface area contributed by atoms with Crippen molar-refractivity contribution in [1.29, 1.82) is 0 Å². The number of aromatic nitrogens is 1. The summed E-state index contributed by atoms with van der Waals surface area (Å²) in [5.74, 6) is 0.356. The molecule has 0 atom stereocenters. The van der Waals surface area contributed by atoms with E-state index in [1.165, 1.54) is 12.1 Å². The van der Waals surface area contributed by atoms with Gasteiger partial charge in [-0.2, -0.15) is 0 Å². The Morgan fingerprint density at radius 1 is 1.10 bits per heavy atom. The van der Waals surface area contributed by atoms with Crippen LogP contribution in [0, 0.1) is 5.82 Å². The third-order valence-electron chi connectivity index (χ3n) is 4.44. The summed E-state index contributed by atoms with van der Waals surface area (Å²) in [6.45, 7) is 5.99. The lowest BCUT2D eigenvalue weighted by Crippen LogP contribution is -2.32. The molecule has 1 heterocycles. The summed E-state index contributed by atoms with van der Waals surface area (Å²) < 4.78 is 18.7. The van der Waals surface area contributed by atoms with Crippen molar-refractivity contribution in [2.75, 3.05) is 13.1 Å². The highest BCUT2D eigenvalue weighted by atomic mass is 19.1. The van der Waals surface area contributed by atoms with Crippen molar-refractivity contribution >= 4 is 11.8 Å². The van der Waals surface area contributed by atoms with Crippen molar-refractivity contribution in [3.63, 3.8) is 0 Å². The van der Waals surface area contributed by atoms with Crippen molar-refractivity contribution in [2.45, 2.75) is 52.5 Å². The highest BCUT2D eigenvalue weighted by molar-refractivity contribution is 5.78. The van der Waals surface area contributed by atoms with E-state index in [-0.39, 0.29) is 17.6 Å². The number of carbonyl (C=O) groups excluding carboxylic acids is 2. The van der Waals surface area contributed by atoms with E-state index in [1.807, 2.05) is 4.90 Å². The molecule has 30 heavy (non-hydrogen) atoms. The lowest BCUT2D eigenvalue weighted by atomic mass is 10.2. The molecule has 0 aliphatic carbocycles. The fraction of sp³-hybridized carbons (Fsp3) is 0.435. The van der Waals surface area contributed by atoms with Gasteiger partial charge in [-0.05, 0) is 37.0 Å². The summed E-state index contributed by atoms with van der Waals surface area (Å²) in [7, 11) is 0. The molecule has 2 amide bonds. The third kappa shape index (κ3) is 8.19. The van der Waals surface area contributed by atoms with Crippen molar-refractivity contribution < 1.29 is 18.7 Å². The molecule has 1 aromatic heterocycles. The number of pyridine rings is 1. The molecular weight excluding hydrogens is 385 g/mol. The van der Waals surface area contributed by atoms with Gasteiger partial charge in [0, 0.05) is 50.8 Å². The van der Waals surface area contributed by atoms with Crippen molar-refractivity contribution in [3.8, 4) is 11.6 Å². The van der Waals surface area contributed by atoms with E-state index >= 15 is 0 Å². The van der Waals surface area contributed by atoms with Gasteiger partial charge in [0.25, 0.3) is 0 Å². The van der Waals surface area contributed by atoms with Gasteiger partial charge in [-0.25, -0.2) is 9.37 Å². The van der Waals surface area contributed by atoms with E-state index in [0.29, 0.717) is 37.4 Å². The Bertz CT molecular complexity index is 806. The zero-order chi connectivity index (χ0) is 21.8. The summed E-state index contributed by atoms with van der Waals surface area (Å²) in [5.41, 5.74) is 0.822. The fourth-order valence-corrected chi connectivity index (χ4v) is 2.98. The SMILES string of the molecule is CCCN(CCC)C(=O)CCCC(=O)NCc1ccc(Oc2cccc(F)c2)nc1. The predicted molar refractivity (Wildman–Crippen MR) is 114 cm³/mol. The van der Waals surface area contributed by atoms with Gasteiger partial charge < -0.3 is 15.0 Å². The first-order valence-electron chi connectivity index (χ1n) is 10.4. The Balaban J connectivity index is 1.71. The quantitative estimate of drug-likeness (QED) is 0.556. The van der Waals surface area contributed by atoms with E-state index in [9.17, 15) is 14.0 Å². The van der Waals surface area contributed by atoms with E-state index in [1.54, 1.807) is 30.5 Å². The molecule has 1 N–H and O–H groups in total. The molecule has 162 valence electrons. The molecule has 0 spiro atoms. The van der Waals surface area contributed by atoms with Crippen LogP contribution in [-0.2, 0) is 16.1 Å². The Kier molecular flexibility index (Phi) is 9.77. The third-order valence-corrected chi connectivity index (χ3v) is 4.44. The predicted octanol–water partition coefficient (Wildman–Crippen LogP) is 4.45. The zero-order valence-corrected chi connectivity index (χ0v) is 17.7. The number of halogens is 1. The number of nitrogens with zero attached hydrogens (tertiary/aromatic N) is 2.